The molecule has 0 spiro atoms. The number of aliphatic hydroxyl groups is 1. The number of rotatable bonds is 5. The number of nitrogens with zero attached hydrogens (tertiary/aromatic N) is 1. The van der Waals surface area contributed by atoms with Crippen LogP contribution < -0.4 is 15.2 Å². The van der Waals surface area contributed by atoms with Gasteiger partial charge in [0.15, 0.2) is 0 Å². The topological polar surface area (TPSA) is 77.6 Å². The molecule has 1 rings (SSSR count). The lowest BCUT2D eigenvalue weighted by atomic mass is 10.1. The number of nitrogens with two attached hydrogens (primary N) is 1. The Balaban J connectivity index is 2.99. The molecule has 5 heteroatoms. The molecule has 1 unspecified atom stereocenters. The highest BCUT2D eigenvalue weighted by atomic mass is 16.5. The molecule has 1 aromatic heterocycles. The summed E-state index contributed by atoms with van der Waals surface area (Å²) in [5.41, 5.74) is 6.50. The highest BCUT2D eigenvalue weighted by Crippen LogP contribution is 2.27. The molecule has 84 valence electrons. The fraction of sp³-hybridized carbons (Fsp3) is 0.500. The molecule has 0 saturated carbocycles. The normalized spacial score (nSPS) is 12.3. The van der Waals surface area contributed by atoms with Gasteiger partial charge in [-0.05, 0) is 6.42 Å². The van der Waals surface area contributed by atoms with Gasteiger partial charge in [-0.1, -0.05) is 0 Å². The number of aromatic nitrogens is 1. The van der Waals surface area contributed by atoms with Crippen molar-refractivity contribution in [3.05, 3.63) is 18.0 Å². The summed E-state index contributed by atoms with van der Waals surface area (Å²) in [6.45, 7) is -0.0748. The minimum Gasteiger partial charge on any atom is -0.495 e. The smallest absolute Gasteiger partial charge is 0.144 e. The van der Waals surface area contributed by atoms with E-state index < -0.39 is 0 Å². The summed E-state index contributed by atoms with van der Waals surface area (Å²) in [6, 6.07) is -0.324. The van der Waals surface area contributed by atoms with E-state index in [-0.39, 0.29) is 12.6 Å². The van der Waals surface area contributed by atoms with Gasteiger partial charge in [-0.25, -0.2) is 0 Å². The molecule has 5 nitrogen and oxygen atoms in total. The molecule has 0 fully saturated rings. The van der Waals surface area contributed by atoms with Crippen molar-refractivity contribution in [3.63, 3.8) is 0 Å². The van der Waals surface area contributed by atoms with Crippen LogP contribution in [-0.2, 0) is 6.42 Å². The van der Waals surface area contributed by atoms with Gasteiger partial charge in [-0.15, -0.1) is 0 Å². The lowest BCUT2D eigenvalue weighted by Gasteiger charge is -2.14. The van der Waals surface area contributed by atoms with E-state index in [1.165, 1.54) is 0 Å². The monoisotopic (exact) mass is 212 g/mol. The second-order valence-corrected chi connectivity index (χ2v) is 3.17. The maximum absolute atomic E-state index is 8.90. The number of hydrogen-bond donors (Lipinski definition) is 2. The first-order valence-electron chi connectivity index (χ1n) is 4.64. The molecular formula is C10H16N2O3. The minimum absolute atomic E-state index is 0.0748. The van der Waals surface area contributed by atoms with E-state index >= 15 is 0 Å². The second kappa shape index (κ2) is 5.53. The number of methoxy groups -OCH3 is 2. The van der Waals surface area contributed by atoms with Crippen molar-refractivity contribution in [2.75, 3.05) is 20.8 Å². The van der Waals surface area contributed by atoms with E-state index in [1.54, 1.807) is 26.6 Å². The first kappa shape index (κ1) is 11.7. The third kappa shape index (κ3) is 2.81. The van der Waals surface area contributed by atoms with Crippen LogP contribution >= 0.6 is 0 Å². The number of pyridine rings is 1. The van der Waals surface area contributed by atoms with Gasteiger partial charge in [0.1, 0.15) is 11.5 Å². The number of ether oxygens (including phenoxy) is 2. The molecule has 0 saturated heterocycles. The molecule has 3 N–H and O–H groups in total. The van der Waals surface area contributed by atoms with Crippen LogP contribution in [0.25, 0.3) is 0 Å². The van der Waals surface area contributed by atoms with Crippen LogP contribution in [0.1, 0.15) is 5.56 Å². The molecule has 1 heterocycles. The summed E-state index contributed by atoms with van der Waals surface area (Å²) in [6.07, 6.45) is 3.69. The van der Waals surface area contributed by atoms with E-state index in [1.807, 2.05) is 0 Å². The van der Waals surface area contributed by atoms with Crippen LogP contribution in [0.5, 0.6) is 11.5 Å². The van der Waals surface area contributed by atoms with Gasteiger partial charge >= 0.3 is 0 Å². The van der Waals surface area contributed by atoms with Crippen LogP contribution in [-0.4, -0.2) is 37.0 Å². The van der Waals surface area contributed by atoms with Crippen molar-refractivity contribution in [2.24, 2.45) is 5.73 Å². The number of aliphatic hydroxyl groups excluding tert-OH is 1. The van der Waals surface area contributed by atoms with E-state index in [0.717, 1.165) is 5.56 Å². The highest BCUT2D eigenvalue weighted by Gasteiger charge is 2.13. The molecule has 0 bridgehead atoms. The summed E-state index contributed by atoms with van der Waals surface area (Å²) in [5.74, 6) is 1.25. The van der Waals surface area contributed by atoms with Crippen molar-refractivity contribution in [3.8, 4) is 11.5 Å². The van der Waals surface area contributed by atoms with Gasteiger partial charge in [0.25, 0.3) is 0 Å². The Morgan fingerprint density at radius 2 is 1.87 bits per heavy atom. The summed E-state index contributed by atoms with van der Waals surface area (Å²) in [5, 5.41) is 8.90. The van der Waals surface area contributed by atoms with Crippen molar-refractivity contribution in [1.29, 1.82) is 0 Å². The zero-order valence-electron chi connectivity index (χ0n) is 8.93. The molecule has 0 aromatic carbocycles. The zero-order valence-corrected chi connectivity index (χ0v) is 8.93. The Hall–Kier alpha value is -1.33. The molecule has 0 aliphatic carbocycles. The molecule has 0 aliphatic rings. The van der Waals surface area contributed by atoms with Crippen molar-refractivity contribution < 1.29 is 14.6 Å². The van der Waals surface area contributed by atoms with Crippen molar-refractivity contribution in [2.45, 2.75) is 12.5 Å². The van der Waals surface area contributed by atoms with Crippen LogP contribution in [0.3, 0.4) is 0 Å². The molecule has 15 heavy (non-hydrogen) atoms. The summed E-state index contributed by atoms with van der Waals surface area (Å²) in [4.78, 5) is 3.97. The van der Waals surface area contributed by atoms with E-state index in [0.29, 0.717) is 17.9 Å². The van der Waals surface area contributed by atoms with Gasteiger partial charge in [0.2, 0.25) is 0 Å². The Morgan fingerprint density at radius 1 is 1.33 bits per heavy atom. The van der Waals surface area contributed by atoms with E-state index in [4.69, 9.17) is 20.3 Å². The highest BCUT2D eigenvalue weighted by molar-refractivity contribution is 5.42. The fourth-order valence-corrected chi connectivity index (χ4v) is 1.33. The lowest BCUT2D eigenvalue weighted by molar-refractivity contribution is 0.263. The van der Waals surface area contributed by atoms with Gasteiger partial charge in [0, 0.05) is 11.6 Å². The average Bonchev–Trinajstić information content (AvgIpc) is 2.29. The van der Waals surface area contributed by atoms with Gasteiger partial charge in [-0.3, -0.25) is 4.98 Å². The van der Waals surface area contributed by atoms with Gasteiger partial charge in [-0.2, -0.15) is 0 Å². The molecule has 0 radical (unpaired) electrons. The Morgan fingerprint density at radius 3 is 2.27 bits per heavy atom. The Kier molecular flexibility index (Phi) is 4.33. The van der Waals surface area contributed by atoms with Crippen LogP contribution in [0.15, 0.2) is 12.4 Å². The van der Waals surface area contributed by atoms with Crippen molar-refractivity contribution >= 4 is 0 Å². The van der Waals surface area contributed by atoms with E-state index in [2.05, 4.69) is 4.98 Å². The maximum Gasteiger partial charge on any atom is 0.144 e. The first-order chi connectivity index (χ1) is 7.22. The third-order valence-corrected chi connectivity index (χ3v) is 2.12. The molecule has 1 atom stereocenters. The standard InChI is InChI=1S/C10H16N2O3/c1-14-9-4-12-5-10(15-2)8(9)3-7(11)6-13/h4-5,7,13H,3,6,11H2,1-2H3. The predicted octanol–water partition coefficient (Wildman–Crippen LogP) is -0.0391. The molecule has 1 aromatic rings. The molecule has 0 amide bonds. The van der Waals surface area contributed by atoms with Gasteiger partial charge in [0.05, 0.1) is 33.2 Å². The fourth-order valence-electron chi connectivity index (χ4n) is 1.33. The summed E-state index contributed by atoms with van der Waals surface area (Å²) in [7, 11) is 3.12. The van der Waals surface area contributed by atoms with Crippen molar-refractivity contribution in [1.82, 2.24) is 4.98 Å². The van der Waals surface area contributed by atoms with Crippen LogP contribution in [0.2, 0.25) is 0 Å². The Labute approximate surface area is 88.8 Å². The second-order valence-electron chi connectivity index (χ2n) is 3.17. The summed E-state index contributed by atoms with van der Waals surface area (Å²) >= 11 is 0. The average molecular weight is 212 g/mol. The number of hydrogen-bond acceptors (Lipinski definition) is 5. The molecule has 0 aliphatic heterocycles. The largest absolute Gasteiger partial charge is 0.495 e. The quantitative estimate of drug-likeness (QED) is 0.716. The SMILES string of the molecule is COc1cncc(OC)c1CC(N)CO. The maximum atomic E-state index is 8.90. The van der Waals surface area contributed by atoms with Crippen LogP contribution in [0, 0.1) is 0 Å². The zero-order chi connectivity index (χ0) is 11.3. The molecular weight excluding hydrogens is 196 g/mol. The third-order valence-electron chi connectivity index (χ3n) is 2.12. The van der Waals surface area contributed by atoms with Crippen LogP contribution in [0.4, 0.5) is 0 Å². The predicted molar refractivity (Wildman–Crippen MR) is 56.1 cm³/mol. The van der Waals surface area contributed by atoms with E-state index in [9.17, 15) is 0 Å². The lowest BCUT2D eigenvalue weighted by Crippen LogP contribution is -2.27. The van der Waals surface area contributed by atoms with Gasteiger partial charge < -0.3 is 20.3 Å². The Bertz CT molecular complexity index is 295. The first-order valence-corrected chi connectivity index (χ1v) is 4.64. The summed E-state index contributed by atoms with van der Waals surface area (Å²) < 4.78 is 10.3. The minimum atomic E-state index is -0.324.